The molecule has 1 fully saturated rings. The van der Waals surface area contributed by atoms with E-state index in [1.54, 1.807) is 34.6 Å². The minimum Gasteiger partial charge on any atom is -0.370 e. The number of benzene rings is 1. The molecule has 162 valence electrons. The number of aryl methyl sites for hydroxylation is 1. The lowest BCUT2D eigenvalue weighted by Gasteiger charge is -2.28. The first-order valence-electron chi connectivity index (χ1n) is 10.5. The maximum Gasteiger partial charge on any atom is 0.257 e. The molecule has 3 rings (SSSR count). The van der Waals surface area contributed by atoms with E-state index in [0.717, 1.165) is 43.7 Å². The highest BCUT2D eigenvalue weighted by atomic mass is 32.2. The van der Waals surface area contributed by atoms with E-state index >= 15 is 0 Å². The van der Waals surface area contributed by atoms with E-state index < -0.39 is 10.0 Å². The summed E-state index contributed by atoms with van der Waals surface area (Å²) in [4.78, 5) is 19.3. The molecule has 0 spiro atoms. The van der Waals surface area contributed by atoms with Gasteiger partial charge in [0.1, 0.15) is 0 Å². The van der Waals surface area contributed by atoms with Gasteiger partial charge in [-0.05, 0) is 63.9 Å². The third kappa shape index (κ3) is 4.82. The molecular formula is C22H30N4O3S. The van der Waals surface area contributed by atoms with Crippen LogP contribution in [-0.2, 0) is 10.0 Å². The van der Waals surface area contributed by atoms with Gasteiger partial charge >= 0.3 is 0 Å². The quantitative estimate of drug-likeness (QED) is 0.725. The van der Waals surface area contributed by atoms with Crippen LogP contribution in [0.2, 0.25) is 0 Å². The number of pyridine rings is 1. The van der Waals surface area contributed by atoms with Crippen molar-refractivity contribution in [2.45, 2.75) is 44.9 Å². The molecule has 0 radical (unpaired) electrons. The summed E-state index contributed by atoms with van der Waals surface area (Å²) in [6.45, 7) is 8.46. The number of carbonyl (C=O) groups is 1. The molecule has 0 aliphatic carbocycles. The van der Waals surface area contributed by atoms with Crippen LogP contribution in [-0.4, -0.2) is 49.8 Å². The molecule has 7 nitrogen and oxygen atoms in total. The molecule has 0 saturated carbocycles. The summed E-state index contributed by atoms with van der Waals surface area (Å²) in [5.41, 5.74) is 2.54. The van der Waals surface area contributed by atoms with Crippen LogP contribution < -0.4 is 10.2 Å². The van der Waals surface area contributed by atoms with Crippen molar-refractivity contribution in [3.05, 3.63) is 47.8 Å². The molecule has 1 saturated heterocycles. The van der Waals surface area contributed by atoms with Crippen molar-refractivity contribution in [1.29, 1.82) is 0 Å². The zero-order valence-corrected chi connectivity index (χ0v) is 18.7. The number of hydrogen-bond donors (Lipinski definition) is 1. The van der Waals surface area contributed by atoms with Crippen LogP contribution in [0.15, 0.2) is 41.4 Å². The highest BCUT2D eigenvalue weighted by Gasteiger charge is 2.27. The Bertz CT molecular complexity index is 980. The number of hydrogen-bond acceptors (Lipinski definition) is 5. The van der Waals surface area contributed by atoms with Crippen molar-refractivity contribution in [3.8, 4) is 0 Å². The Kier molecular flexibility index (Phi) is 7.10. The van der Waals surface area contributed by atoms with Gasteiger partial charge in [0, 0.05) is 38.1 Å². The molecule has 8 heteroatoms. The van der Waals surface area contributed by atoms with E-state index in [2.05, 4.69) is 15.2 Å². The van der Waals surface area contributed by atoms with Crippen LogP contribution in [0.3, 0.4) is 0 Å². The molecule has 1 aromatic carbocycles. The van der Waals surface area contributed by atoms with Gasteiger partial charge in [-0.25, -0.2) is 8.42 Å². The van der Waals surface area contributed by atoms with Gasteiger partial charge in [0.25, 0.3) is 5.91 Å². The number of rotatable bonds is 7. The second kappa shape index (κ2) is 9.57. The number of anilines is 2. The van der Waals surface area contributed by atoms with Crippen molar-refractivity contribution in [2.24, 2.45) is 0 Å². The first-order valence-corrected chi connectivity index (χ1v) is 11.9. The molecule has 1 aromatic heterocycles. The Balaban J connectivity index is 1.98. The van der Waals surface area contributed by atoms with E-state index in [1.165, 1.54) is 6.20 Å². The van der Waals surface area contributed by atoms with E-state index in [0.29, 0.717) is 24.3 Å². The molecule has 1 aliphatic rings. The van der Waals surface area contributed by atoms with Gasteiger partial charge in [0.05, 0.1) is 21.8 Å². The number of aromatic nitrogens is 1. The number of nitrogens with zero attached hydrogens (tertiary/aromatic N) is 3. The van der Waals surface area contributed by atoms with Gasteiger partial charge in [-0.2, -0.15) is 4.31 Å². The fraction of sp³-hybridized carbons (Fsp3) is 0.455. The van der Waals surface area contributed by atoms with Crippen LogP contribution in [0, 0.1) is 6.92 Å². The van der Waals surface area contributed by atoms with Crippen molar-refractivity contribution < 1.29 is 13.2 Å². The van der Waals surface area contributed by atoms with Crippen LogP contribution >= 0.6 is 0 Å². The summed E-state index contributed by atoms with van der Waals surface area (Å²) in [7, 11) is -3.60. The molecule has 30 heavy (non-hydrogen) atoms. The third-order valence-electron chi connectivity index (χ3n) is 5.45. The second-order valence-corrected chi connectivity index (χ2v) is 9.40. The molecule has 1 N–H and O–H groups in total. The van der Waals surface area contributed by atoms with Crippen LogP contribution in [0.1, 0.15) is 49.2 Å². The first kappa shape index (κ1) is 22.2. The Morgan fingerprint density at radius 1 is 1.10 bits per heavy atom. The standard InChI is InChI=1S/C22H30N4O3S/c1-4-25(5-2)21-12-11-19(30(28,29)26-13-7-6-8-14-26)15-20(21)24-22(27)18-10-9-17(3)23-16-18/h9-12,15-16H,4-8,13-14H2,1-3H3,(H,24,27). The maximum absolute atomic E-state index is 13.1. The number of piperidine rings is 1. The van der Waals surface area contributed by atoms with Crippen molar-refractivity contribution in [3.63, 3.8) is 0 Å². The van der Waals surface area contributed by atoms with Crippen LogP contribution in [0.25, 0.3) is 0 Å². The fourth-order valence-electron chi connectivity index (χ4n) is 3.67. The molecule has 1 aliphatic heterocycles. The summed E-state index contributed by atoms with van der Waals surface area (Å²) >= 11 is 0. The van der Waals surface area contributed by atoms with Gasteiger partial charge in [0.15, 0.2) is 0 Å². The van der Waals surface area contributed by atoms with Crippen molar-refractivity contribution in [1.82, 2.24) is 9.29 Å². The smallest absolute Gasteiger partial charge is 0.257 e. The molecule has 2 heterocycles. The van der Waals surface area contributed by atoms with Gasteiger partial charge in [-0.1, -0.05) is 6.42 Å². The number of carbonyl (C=O) groups excluding carboxylic acids is 1. The molecule has 2 aromatic rings. The lowest BCUT2D eigenvalue weighted by molar-refractivity contribution is 0.102. The number of sulfonamides is 1. The van der Waals surface area contributed by atoms with E-state index in [4.69, 9.17) is 0 Å². The monoisotopic (exact) mass is 430 g/mol. The van der Waals surface area contributed by atoms with E-state index in [9.17, 15) is 13.2 Å². The molecule has 0 unspecified atom stereocenters. The highest BCUT2D eigenvalue weighted by Crippen LogP contribution is 2.31. The van der Waals surface area contributed by atoms with Gasteiger partial charge in [-0.3, -0.25) is 9.78 Å². The SMILES string of the molecule is CCN(CC)c1ccc(S(=O)(=O)N2CCCCC2)cc1NC(=O)c1ccc(C)nc1. The maximum atomic E-state index is 13.1. The number of nitrogens with one attached hydrogen (secondary N) is 1. The highest BCUT2D eigenvalue weighted by molar-refractivity contribution is 7.89. The topological polar surface area (TPSA) is 82.6 Å². The largest absolute Gasteiger partial charge is 0.370 e. The normalized spacial score (nSPS) is 15.0. The third-order valence-corrected chi connectivity index (χ3v) is 7.34. The predicted octanol–water partition coefficient (Wildman–Crippen LogP) is 3.66. The van der Waals surface area contributed by atoms with Crippen LogP contribution in [0.4, 0.5) is 11.4 Å². The Labute approximate surface area is 179 Å². The van der Waals surface area contributed by atoms with Crippen LogP contribution in [0.5, 0.6) is 0 Å². The van der Waals surface area contributed by atoms with Crippen molar-refractivity contribution >= 4 is 27.3 Å². The van der Waals surface area contributed by atoms with Gasteiger partial charge in [0.2, 0.25) is 10.0 Å². The molecule has 0 atom stereocenters. The zero-order valence-electron chi connectivity index (χ0n) is 17.9. The fourth-order valence-corrected chi connectivity index (χ4v) is 5.21. The lowest BCUT2D eigenvalue weighted by Crippen LogP contribution is -2.35. The van der Waals surface area contributed by atoms with E-state index in [1.807, 2.05) is 20.8 Å². The second-order valence-electron chi connectivity index (χ2n) is 7.46. The average Bonchev–Trinajstić information content (AvgIpc) is 2.76. The summed E-state index contributed by atoms with van der Waals surface area (Å²) in [5, 5.41) is 2.91. The van der Waals surface area contributed by atoms with Gasteiger partial charge < -0.3 is 10.2 Å². The van der Waals surface area contributed by atoms with E-state index in [-0.39, 0.29) is 10.8 Å². The van der Waals surface area contributed by atoms with Gasteiger partial charge in [-0.15, -0.1) is 0 Å². The number of amides is 1. The average molecular weight is 431 g/mol. The minimum absolute atomic E-state index is 0.206. The summed E-state index contributed by atoms with van der Waals surface area (Å²) in [6.07, 6.45) is 4.33. The molecule has 0 bridgehead atoms. The predicted molar refractivity (Wildman–Crippen MR) is 120 cm³/mol. The summed E-state index contributed by atoms with van der Waals surface area (Å²) in [6, 6.07) is 8.49. The minimum atomic E-state index is -3.60. The first-order chi connectivity index (χ1) is 14.4. The Hall–Kier alpha value is -2.45. The Morgan fingerprint density at radius 3 is 2.40 bits per heavy atom. The summed E-state index contributed by atoms with van der Waals surface area (Å²) in [5.74, 6) is -0.316. The Morgan fingerprint density at radius 2 is 1.80 bits per heavy atom. The van der Waals surface area contributed by atoms with Crippen molar-refractivity contribution in [2.75, 3.05) is 36.4 Å². The lowest BCUT2D eigenvalue weighted by atomic mass is 10.2. The molecular weight excluding hydrogens is 400 g/mol. The molecule has 1 amide bonds. The summed E-state index contributed by atoms with van der Waals surface area (Å²) < 4.78 is 27.8. The zero-order chi connectivity index (χ0) is 21.7.